The molecule has 1 fully saturated rings. The Bertz CT molecular complexity index is 171. The molecule has 0 amide bonds. The van der Waals surface area contributed by atoms with Crippen LogP contribution < -0.4 is 0 Å². The molecule has 0 spiro atoms. The first-order valence-corrected chi connectivity index (χ1v) is 7.98. The molecule has 0 heterocycles. The molecule has 0 atom stereocenters. The second-order valence-electron chi connectivity index (χ2n) is 4.19. The molecule has 1 nitrogen and oxygen atoms in total. The van der Waals surface area contributed by atoms with Crippen molar-refractivity contribution < 1.29 is 5.11 Å². The van der Waals surface area contributed by atoms with E-state index in [1.807, 2.05) is 0 Å². The molecule has 14 heavy (non-hydrogen) atoms. The fourth-order valence-electron chi connectivity index (χ4n) is 1.80. The van der Waals surface area contributed by atoms with E-state index in [-0.39, 0.29) is 0 Å². The summed E-state index contributed by atoms with van der Waals surface area (Å²) in [6.07, 6.45) is 10.4. The van der Waals surface area contributed by atoms with Gasteiger partial charge in [-0.3, -0.25) is 0 Å². The zero-order chi connectivity index (χ0) is 10.3. The van der Waals surface area contributed by atoms with Crippen molar-refractivity contribution >= 4 is 15.0 Å². The molecule has 82 valence electrons. The van der Waals surface area contributed by atoms with Gasteiger partial charge in [0, 0.05) is 0 Å². The van der Waals surface area contributed by atoms with E-state index in [4.69, 9.17) is 0 Å². The predicted octanol–water partition coefficient (Wildman–Crippen LogP) is 3.12. The molecule has 0 aromatic rings. The Labute approximate surface area is 94.1 Å². The van der Waals surface area contributed by atoms with Gasteiger partial charge in [0.25, 0.3) is 0 Å². The fraction of sp³-hybridized carbons (Fsp3) is 0.833. The minimum absolute atomic E-state index is 0.438. The Balaban J connectivity index is 2.19. The zero-order valence-electron chi connectivity index (χ0n) is 9.17. The molecule has 0 unspecified atom stereocenters. The molecule has 1 aliphatic rings. The molecule has 0 aromatic heterocycles. The van der Waals surface area contributed by atoms with E-state index in [9.17, 15) is 5.11 Å². The van der Waals surface area contributed by atoms with Crippen LogP contribution in [0.5, 0.6) is 0 Å². The third-order valence-corrected chi connectivity index (χ3v) is 4.60. The molecule has 0 aliphatic heterocycles. The Hall–Kier alpha value is 0.219. The van der Waals surface area contributed by atoms with Crippen molar-refractivity contribution in [3.8, 4) is 0 Å². The van der Waals surface area contributed by atoms with Gasteiger partial charge in [0.15, 0.2) is 0 Å². The molecule has 0 aromatic carbocycles. The summed E-state index contributed by atoms with van der Waals surface area (Å²) in [4.78, 5) is 2.24. The van der Waals surface area contributed by atoms with Crippen molar-refractivity contribution in [2.24, 2.45) is 0 Å². The van der Waals surface area contributed by atoms with Crippen molar-refractivity contribution in [2.75, 3.05) is 0 Å². The molecular formula is C12H22OSe. The van der Waals surface area contributed by atoms with Crippen molar-refractivity contribution in [1.29, 1.82) is 0 Å². The van der Waals surface area contributed by atoms with Gasteiger partial charge in [0.05, 0.1) is 0 Å². The van der Waals surface area contributed by atoms with Crippen molar-refractivity contribution in [1.82, 2.24) is 0 Å². The van der Waals surface area contributed by atoms with Crippen LogP contribution in [0.3, 0.4) is 0 Å². The average molecular weight is 261 g/mol. The van der Waals surface area contributed by atoms with Gasteiger partial charge >= 0.3 is 93.9 Å². The van der Waals surface area contributed by atoms with Crippen molar-refractivity contribution in [3.63, 3.8) is 0 Å². The minimum atomic E-state index is -0.438. The van der Waals surface area contributed by atoms with E-state index in [2.05, 4.69) is 18.0 Å². The van der Waals surface area contributed by atoms with Gasteiger partial charge in [-0.2, -0.15) is 0 Å². The Morgan fingerprint density at radius 1 is 1.29 bits per heavy atom. The van der Waals surface area contributed by atoms with Crippen molar-refractivity contribution in [2.45, 2.75) is 62.8 Å². The van der Waals surface area contributed by atoms with Crippen LogP contribution in [0.4, 0.5) is 0 Å². The fourth-order valence-corrected chi connectivity index (χ4v) is 3.78. The predicted molar refractivity (Wildman–Crippen MR) is 62.6 cm³/mol. The van der Waals surface area contributed by atoms with Crippen LogP contribution in [0.1, 0.15) is 51.9 Å². The molecule has 0 radical (unpaired) electrons. The molecule has 0 bridgehead atoms. The van der Waals surface area contributed by atoms with Crippen LogP contribution in [0.2, 0.25) is 5.32 Å². The second-order valence-corrected chi connectivity index (χ2v) is 6.32. The first kappa shape index (κ1) is 12.3. The summed E-state index contributed by atoms with van der Waals surface area (Å²) in [5, 5.41) is 11.5. The van der Waals surface area contributed by atoms with Gasteiger partial charge < -0.3 is 0 Å². The number of aliphatic hydroxyl groups is 1. The van der Waals surface area contributed by atoms with Gasteiger partial charge in [-0.05, 0) is 0 Å². The summed E-state index contributed by atoms with van der Waals surface area (Å²) in [5.74, 6) is 0. The maximum atomic E-state index is 10.2. The SMILES string of the molecule is CCCC[Se]/C=C\C1(O)CCCCC1. The van der Waals surface area contributed by atoms with Crippen molar-refractivity contribution in [3.05, 3.63) is 11.1 Å². The van der Waals surface area contributed by atoms with E-state index >= 15 is 0 Å². The topological polar surface area (TPSA) is 20.2 Å². The van der Waals surface area contributed by atoms with E-state index in [1.54, 1.807) is 0 Å². The van der Waals surface area contributed by atoms with Gasteiger partial charge in [-0.15, -0.1) is 0 Å². The molecule has 1 rings (SSSR count). The number of unbranched alkanes of at least 4 members (excludes halogenated alkanes) is 1. The van der Waals surface area contributed by atoms with Gasteiger partial charge in [0.2, 0.25) is 0 Å². The molecule has 0 saturated heterocycles. The first-order chi connectivity index (χ1) is 6.77. The van der Waals surface area contributed by atoms with Crippen LogP contribution in [-0.4, -0.2) is 25.7 Å². The summed E-state index contributed by atoms with van der Waals surface area (Å²) >= 11 is 0.614. The summed E-state index contributed by atoms with van der Waals surface area (Å²) in [6, 6.07) is 0. The number of rotatable bonds is 5. The van der Waals surface area contributed by atoms with Gasteiger partial charge in [0.1, 0.15) is 0 Å². The maximum absolute atomic E-state index is 10.2. The third-order valence-electron chi connectivity index (χ3n) is 2.81. The Kier molecular flexibility index (Phi) is 5.84. The van der Waals surface area contributed by atoms with Crippen LogP contribution in [0, 0.1) is 0 Å². The molecule has 1 saturated carbocycles. The summed E-state index contributed by atoms with van der Waals surface area (Å²) in [5.41, 5.74) is -0.438. The van der Waals surface area contributed by atoms with Crippen LogP contribution >= 0.6 is 0 Å². The van der Waals surface area contributed by atoms with Crippen LogP contribution in [0.25, 0.3) is 0 Å². The summed E-state index contributed by atoms with van der Waals surface area (Å²) in [6.45, 7) is 2.23. The average Bonchev–Trinajstić information content (AvgIpc) is 2.18. The number of hydrogen-bond donors (Lipinski definition) is 1. The normalized spacial score (nSPS) is 21.6. The van der Waals surface area contributed by atoms with Gasteiger partial charge in [-0.25, -0.2) is 0 Å². The van der Waals surface area contributed by atoms with Gasteiger partial charge in [-0.1, -0.05) is 0 Å². The Morgan fingerprint density at radius 3 is 2.64 bits per heavy atom. The number of hydrogen-bond acceptors (Lipinski definition) is 1. The van der Waals surface area contributed by atoms with E-state index in [0.717, 1.165) is 12.8 Å². The van der Waals surface area contributed by atoms with E-state index < -0.39 is 5.60 Å². The molecule has 1 aliphatic carbocycles. The monoisotopic (exact) mass is 262 g/mol. The van der Waals surface area contributed by atoms with Crippen LogP contribution in [0.15, 0.2) is 11.1 Å². The summed E-state index contributed by atoms with van der Waals surface area (Å²) < 4.78 is 0. The van der Waals surface area contributed by atoms with E-state index in [0.29, 0.717) is 15.0 Å². The Morgan fingerprint density at radius 2 is 2.00 bits per heavy atom. The molecular weight excluding hydrogens is 239 g/mol. The molecule has 2 heteroatoms. The quantitative estimate of drug-likeness (QED) is 0.595. The standard InChI is InChI=1S/C12H22OSe/c1-2-3-10-14-11-9-12(13)7-5-4-6-8-12/h9,11,13H,2-8,10H2,1H3/b11-9-. The van der Waals surface area contributed by atoms with E-state index in [1.165, 1.54) is 37.4 Å². The third kappa shape index (κ3) is 4.63. The van der Waals surface area contributed by atoms with Crippen LogP contribution in [-0.2, 0) is 0 Å². The zero-order valence-corrected chi connectivity index (χ0v) is 10.9. The first-order valence-electron chi connectivity index (χ1n) is 5.78. The molecule has 1 N–H and O–H groups in total. The second kappa shape index (κ2) is 6.66. The summed E-state index contributed by atoms with van der Waals surface area (Å²) in [7, 11) is 0.